The quantitative estimate of drug-likeness (QED) is 0.595. The van der Waals surface area contributed by atoms with Gasteiger partial charge in [-0.05, 0) is 18.2 Å². The van der Waals surface area contributed by atoms with Crippen molar-refractivity contribution in [1.29, 1.82) is 0 Å². The summed E-state index contributed by atoms with van der Waals surface area (Å²) in [5.74, 6) is -1.38. The van der Waals surface area contributed by atoms with Gasteiger partial charge in [0.05, 0.1) is 18.4 Å². The zero-order valence-electron chi connectivity index (χ0n) is 7.95. The average molecular weight is 272 g/mol. The molecular weight excluding hydrogens is 264 g/mol. The largest absolute Gasteiger partial charge is 0.545 e. The number of rotatable bonds is 4. The Morgan fingerprint density at radius 3 is 2.60 bits per heavy atom. The molecule has 1 rings (SSSR count). The minimum absolute atomic E-state index is 0.121. The number of carboxylic acids is 1. The van der Waals surface area contributed by atoms with Crippen molar-refractivity contribution >= 4 is 27.7 Å². The van der Waals surface area contributed by atoms with Crippen molar-refractivity contribution in [2.75, 3.05) is 12.4 Å². The lowest BCUT2D eigenvalue weighted by atomic mass is 10.1. The molecule has 1 aromatic rings. The molecule has 15 heavy (non-hydrogen) atoms. The Bertz CT molecular complexity index is 400. The van der Waals surface area contributed by atoms with E-state index in [4.69, 9.17) is 4.74 Å². The van der Waals surface area contributed by atoms with Crippen LogP contribution in [0.3, 0.4) is 0 Å². The molecule has 0 heterocycles. The van der Waals surface area contributed by atoms with Crippen LogP contribution in [0.4, 0.5) is 0 Å². The van der Waals surface area contributed by atoms with Gasteiger partial charge in [0, 0.05) is 11.1 Å². The highest BCUT2D eigenvalue weighted by atomic mass is 79.9. The Hall–Kier alpha value is -1.36. The van der Waals surface area contributed by atoms with Crippen molar-refractivity contribution in [1.82, 2.24) is 0 Å². The van der Waals surface area contributed by atoms with E-state index in [1.165, 1.54) is 25.3 Å². The van der Waals surface area contributed by atoms with Crippen LogP contribution in [0, 0.1) is 0 Å². The highest BCUT2D eigenvalue weighted by Crippen LogP contribution is 2.19. The molecular formula is C10H8BrO4-. The van der Waals surface area contributed by atoms with Gasteiger partial charge >= 0.3 is 0 Å². The van der Waals surface area contributed by atoms with E-state index in [1.54, 1.807) is 0 Å². The van der Waals surface area contributed by atoms with Crippen molar-refractivity contribution in [3.63, 3.8) is 0 Å². The standard InChI is InChI=1S/C10H9BrO4/c1-15-9-3-2-6(8(12)5-11)4-7(9)10(13)14/h2-4H,5H2,1H3,(H,13,14)/p-1. The molecule has 1 aromatic carbocycles. The fourth-order valence-corrected chi connectivity index (χ4v) is 1.44. The maximum atomic E-state index is 11.3. The third-order valence-corrected chi connectivity index (χ3v) is 2.37. The predicted molar refractivity (Wildman–Crippen MR) is 55.4 cm³/mol. The van der Waals surface area contributed by atoms with Crippen LogP contribution in [0.5, 0.6) is 5.75 Å². The first-order valence-corrected chi connectivity index (χ1v) is 5.21. The number of hydrogen-bond acceptors (Lipinski definition) is 4. The zero-order chi connectivity index (χ0) is 11.4. The number of halogens is 1. The second-order valence-corrected chi connectivity index (χ2v) is 3.32. The third kappa shape index (κ3) is 2.56. The molecule has 0 saturated heterocycles. The highest BCUT2D eigenvalue weighted by Gasteiger charge is 2.09. The molecule has 5 heteroatoms. The van der Waals surface area contributed by atoms with Gasteiger partial charge in [0.2, 0.25) is 0 Å². The number of benzene rings is 1. The molecule has 0 bridgehead atoms. The number of alkyl halides is 1. The van der Waals surface area contributed by atoms with E-state index in [1.807, 2.05) is 0 Å². The van der Waals surface area contributed by atoms with Crippen LogP contribution in [-0.4, -0.2) is 24.2 Å². The third-order valence-electron chi connectivity index (χ3n) is 1.86. The number of methoxy groups -OCH3 is 1. The van der Waals surface area contributed by atoms with Crippen molar-refractivity contribution in [3.05, 3.63) is 29.3 Å². The van der Waals surface area contributed by atoms with Crippen molar-refractivity contribution in [3.8, 4) is 5.75 Å². The first-order chi connectivity index (χ1) is 7.10. The number of carbonyl (C=O) groups excluding carboxylic acids is 2. The molecule has 0 aromatic heterocycles. The van der Waals surface area contributed by atoms with Crippen LogP contribution >= 0.6 is 15.9 Å². The first-order valence-electron chi connectivity index (χ1n) is 4.08. The maximum absolute atomic E-state index is 11.3. The maximum Gasteiger partial charge on any atom is 0.173 e. The Balaban J connectivity index is 3.22. The van der Waals surface area contributed by atoms with E-state index < -0.39 is 5.97 Å². The van der Waals surface area contributed by atoms with Crippen molar-refractivity contribution in [2.24, 2.45) is 0 Å². The number of carbonyl (C=O) groups is 2. The molecule has 0 saturated carbocycles. The van der Waals surface area contributed by atoms with Gasteiger partial charge in [0.1, 0.15) is 5.75 Å². The van der Waals surface area contributed by atoms with Crippen LogP contribution in [0.15, 0.2) is 18.2 Å². The molecule has 80 valence electrons. The lowest BCUT2D eigenvalue weighted by Gasteiger charge is -2.10. The lowest BCUT2D eigenvalue weighted by Crippen LogP contribution is -2.23. The Morgan fingerprint density at radius 1 is 1.47 bits per heavy atom. The minimum Gasteiger partial charge on any atom is -0.545 e. The average Bonchev–Trinajstić information content (AvgIpc) is 2.27. The molecule has 0 atom stereocenters. The summed E-state index contributed by atoms with van der Waals surface area (Å²) in [6.07, 6.45) is 0. The number of ether oxygens (including phenoxy) is 1. The highest BCUT2D eigenvalue weighted by molar-refractivity contribution is 9.09. The summed E-state index contributed by atoms with van der Waals surface area (Å²) in [6, 6.07) is 4.19. The number of carboxylic acid groups (broad SMARTS) is 1. The topological polar surface area (TPSA) is 66.4 Å². The second-order valence-electron chi connectivity index (χ2n) is 2.76. The monoisotopic (exact) mass is 271 g/mol. The van der Waals surface area contributed by atoms with E-state index in [0.29, 0.717) is 5.56 Å². The van der Waals surface area contributed by atoms with Crippen LogP contribution in [0.25, 0.3) is 0 Å². The van der Waals surface area contributed by atoms with E-state index >= 15 is 0 Å². The zero-order valence-corrected chi connectivity index (χ0v) is 9.54. The molecule has 0 aliphatic heterocycles. The van der Waals surface area contributed by atoms with Gasteiger partial charge in [0.15, 0.2) is 5.78 Å². The molecule has 4 nitrogen and oxygen atoms in total. The first kappa shape index (κ1) is 11.7. The van der Waals surface area contributed by atoms with E-state index in [-0.39, 0.29) is 22.4 Å². The summed E-state index contributed by atoms with van der Waals surface area (Å²) in [5.41, 5.74) is 0.191. The summed E-state index contributed by atoms with van der Waals surface area (Å²) in [6.45, 7) is 0. The Morgan fingerprint density at radius 2 is 2.13 bits per heavy atom. The Kier molecular flexibility index (Phi) is 3.85. The number of hydrogen-bond donors (Lipinski definition) is 0. The number of ketones is 1. The summed E-state index contributed by atoms with van der Waals surface area (Å²) in [4.78, 5) is 22.0. The molecule has 0 N–H and O–H groups in total. The molecule has 0 amide bonds. The van der Waals surface area contributed by atoms with Gasteiger partial charge in [0.25, 0.3) is 0 Å². The fraction of sp³-hybridized carbons (Fsp3) is 0.200. The Labute approximate surface area is 95.0 Å². The summed E-state index contributed by atoms with van der Waals surface area (Å²) >= 11 is 3.00. The van der Waals surface area contributed by atoms with Gasteiger partial charge in [-0.15, -0.1) is 0 Å². The molecule has 0 fully saturated rings. The fourth-order valence-electron chi connectivity index (χ4n) is 1.12. The molecule has 0 aliphatic carbocycles. The van der Waals surface area contributed by atoms with Crippen LogP contribution in [-0.2, 0) is 0 Å². The van der Waals surface area contributed by atoms with Gasteiger partial charge < -0.3 is 14.6 Å². The summed E-state index contributed by atoms with van der Waals surface area (Å²) in [5, 5.41) is 10.9. The smallest absolute Gasteiger partial charge is 0.173 e. The number of Topliss-reactive ketones (excluding diaryl/α,β-unsaturated/α-hetero) is 1. The van der Waals surface area contributed by atoms with Gasteiger partial charge in [-0.2, -0.15) is 0 Å². The normalized spacial score (nSPS) is 9.73. The van der Waals surface area contributed by atoms with E-state index in [9.17, 15) is 14.7 Å². The predicted octanol–water partition coefficient (Wildman–Crippen LogP) is 0.636. The molecule has 0 aliphatic rings. The van der Waals surface area contributed by atoms with Crippen molar-refractivity contribution in [2.45, 2.75) is 0 Å². The van der Waals surface area contributed by atoms with Gasteiger partial charge in [-0.1, -0.05) is 15.9 Å². The molecule has 0 unspecified atom stereocenters. The SMILES string of the molecule is COc1ccc(C(=O)CBr)cc1C(=O)[O-]. The minimum atomic E-state index is -1.36. The van der Waals surface area contributed by atoms with Gasteiger partial charge in [-0.25, -0.2) is 0 Å². The van der Waals surface area contributed by atoms with Crippen LogP contribution in [0.2, 0.25) is 0 Å². The van der Waals surface area contributed by atoms with E-state index in [2.05, 4.69) is 15.9 Å². The molecule has 0 radical (unpaired) electrons. The summed E-state index contributed by atoms with van der Waals surface area (Å²) < 4.78 is 4.83. The van der Waals surface area contributed by atoms with Crippen molar-refractivity contribution < 1.29 is 19.4 Å². The van der Waals surface area contributed by atoms with Crippen LogP contribution in [0.1, 0.15) is 20.7 Å². The number of aromatic carboxylic acids is 1. The summed E-state index contributed by atoms with van der Waals surface area (Å²) in [7, 11) is 1.35. The molecule has 0 spiro atoms. The second kappa shape index (κ2) is 4.93. The van der Waals surface area contributed by atoms with E-state index in [0.717, 1.165) is 0 Å². The van der Waals surface area contributed by atoms with Gasteiger partial charge in [-0.3, -0.25) is 4.79 Å². The lowest BCUT2D eigenvalue weighted by molar-refractivity contribution is -0.255. The van der Waals surface area contributed by atoms with Crippen LogP contribution < -0.4 is 9.84 Å².